The Morgan fingerprint density at radius 3 is 2.96 bits per heavy atom. The van der Waals surface area contributed by atoms with Crippen LogP contribution in [-0.4, -0.2) is 43.2 Å². The van der Waals surface area contributed by atoms with Gasteiger partial charge >= 0.3 is 0 Å². The number of hydrogen-bond donors (Lipinski definition) is 2. The second-order valence-electron chi connectivity index (χ2n) is 5.57. The molecule has 1 aliphatic rings. The number of morpholine rings is 1. The van der Waals surface area contributed by atoms with E-state index in [0.717, 1.165) is 18.7 Å². The van der Waals surface area contributed by atoms with Crippen LogP contribution in [0.25, 0.3) is 11.5 Å². The number of aryl methyl sites for hydroxylation is 1. The predicted octanol–water partition coefficient (Wildman–Crippen LogP) is 1.30. The van der Waals surface area contributed by atoms with Crippen LogP contribution in [0.2, 0.25) is 0 Å². The maximum atomic E-state index is 12.1. The minimum atomic E-state index is -0.0739. The first-order valence-corrected chi connectivity index (χ1v) is 7.83. The quantitative estimate of drug-likeness (QED) is 0.870. The average molecular weight is 315 g/mol. The van der Waals surface area contributed by atoms with Crippen molar-refractivity contribution in [1.82, 2.24) is 15.6 Å². The fraction of sp³-hybridized carbons (Fsp3) is 0.412. The molecule has 1 amide bonds. The third-order valence-electron chi connectivity index (χ3n) is 3.77. The number of nitrogens with one attached hydrogen (secondary N) is 2. The SMILES string of the molecule is Cc1oc(-c2ccccc2)nc1CC(=O)NC[C@@H]1CNCCO1. The van der Waals surface area contributed by atoms with Crippen molar-refractivity contribution in [3.63, 3.8) is 0 Å². The number of amides is 1. The molecular weight excluding hydrogens is 294 g/mol. The lowest BCUT2D eigenvalue weighted by atomic mass is 10.2. The Hall–Kier alpha value is -2.18. The van der Waals surface area contributed by atoms with Crippen LogP contribution in [0.15, 0.2) is 34.7 Å². The van der Waals surface area contributed by atoms with Gasteiger partial charge in [0.1, 0.15) is 5.76 Å². The second-order valence-corrected chi connectivity index (χ2v) is 5.57. The summed E-state index contributed by atoms with van der Waals surface area (Å²) in [6.45, 7) is 4.65. The van der Waals surface area contributed by atoms with Crippen LogP contribution in [0.3, 0.4) is 0 Å². The van der Waals surface area contributed by atoms with Gasteiger partial charge in [0.05, 0.1) is 24.8 Å². The third-order valence-corrected chi connectivity index (χ3v) is 3.77. The van der Waals surface area contributed by atoms with E-state index in [0.29, 0.717) is 30.5 Å². The van der Waals surface area contributed by atoms with Crippen molar-refractivity contribution in [2.45, 2.75) is 19.4 Å². The molecule has 0 spiro atoms. The Morgan fingerprint density at radius 2 is 2.22 bits per heavy atom. The first kappa shape index (κ1) is 15.7. The van der Waals surface area contributed by atoms with Crippen molar-refractivity contribution in [3.8, 4) is 11.5 Å². The zero-order valence-electron chi connectivity index (χ0n) is 13.2. The van der Waals surface area contributed by atoms with Crippen LogP contribution in [0.1, 0.15) is 11.5 Å². The van der Waals surface area contributed by atoms with Crippen LogP contribution in [0.4, 0.5) is 0 Å². The first-order chi connectivity index (χ1) is 11.2. The van der Waals surface area contributed by atoms with Gasteiger partial charge in [-0.1, -0.05) is 18.2 Å². The number of benzene rings is 1. The van der Waals surface area contributed by atoms with Gasteiger partial charge in [-0.05, 0) is 19.1 Å². The fourth-order valence-corrected chi connectivity index (χ4v) is 2.49. The predicted molar refractivity (Wildman–Crippen MR) is 86.0 cm³/mol. The lowest BCUT2D eigenvalue weighted by molar-refractivity contribution is -0.121. The summed E-state index contributed by atoms with van der Waals surface area (Å²) in [6.07, 6.45) is 0.244. The second kappa shape index (κ2) is 7.39. The Labute approximate surface area is 135 Å². The molecule has 3 rings (SSSR count). The molecule has 122 valence electrons. The molecule has 2 aromatic rings. The summed E-state index contributed by atoms with van der Waals surface area (Å²) < 4.78 is 11.2. The van der Waals surface area contributed by atoms with Crippen molar-refractivity contribution in [2.24, 2.45) is 0 Å². The van der Waals surface area contributed by atoms with Gasteiger partial charge in [-0.15, -0.1) is 0 Å². The monoisotopic (exact) mass is 315 g/mol. The summed E-state index contributed by atoms with van der Waals surface area (Å²) in [4.78, 5) is 16.5. The van der Waals surface area contributed by atoms with E-state index in [9.17, 15) is 4.79 Å². The maximum Gasteiger partial charge on any atom is 0.226 e. The zero-order valence-corrected chi connectivity index (χ0v) is 13.2. The molecule has 1 fully saturated rings. The highest BCUT2D eigenvalue weighted by molar-refractivity contribution is 5.78. The Kier molecular flexibility index (Phi) is 5.05. The standard InChI is InChI=1S/C17H21N3O3/c1-12-15(20-17(23-12)13-5-3-2-4-6-13)9-16(21)19-11-14-10-18-7-8-22-14/h2-6,14,18H,7-11H2,1H3,(H,19,21)/t14-/m0/s1. The van der Waals surface area contributed by atoms with E-state index in [1.165, 1.54) is 0 Å². The summed E-state index contributed by atoms with van der Waals surface area (Å²) >= 11 is 0. The van der Waals surface area contributed by atoms with Crippen molar-refractivity contribution in [1.29, 1.82) is 0 Å². The molecule has 2 heterocycles. The number of aromatic nitrogens is 1. The van der Waals surface area contributed by atoms with Gasteiger partial charge in [0, 0.05) is 25.2 Å². The van der Waals surface area contributed by atoms with E-state index < -0.39 is 0 Å². The average Bonchev–Trinajstić information content (AvgIpc) is 2.95. The fourth-order valence-electron chi connectivity index (χ4n) is 2.49. The van der Waals surface area contributed by atoms with E-state index in [1.54, 1.807) is 0 Å². The zero-order chi connectivity index (χ0) is 16.1. The molecule has 23 heavy (non-hydrogen) atoms. The molecule has 2 N–H and O–H groups in total. The van der Waals surface area contributed by atoms with Crippen molar-refractivity contribution >= 4 is 5.91 Å². The van der Waals surface area contributed by atoms with Gasteiger partial charge in [-0.25, -0.2) is 4.98 Å². The van der Waals surface area contributed by atoms with E-state index in [4.69, 9.17) is 9.15 Å². The number of carbonyl (C=O) groups excluding carboxylic acids is 1. The summed E-state index contributed by atoms with van der Waals surface area (Å²) in [5.41, 5.74) is 1.58. The molecule has 0 radical (unpaired) electrons. The number of nitrogens with zero attached hydrogens (tertiary/aromatic N) is 1. The number of ether oxygens (including phenoxy) is 1. The number of carbonyl (C=O) groups is 1. The molecule has 1 atom stereocenters. The number of rotatable bonds is 5. The van der Waals surface area contributed by atoms with Gasteiger partial charge in [0.25, 0.3) is 0 Å². The summed E-state index contributed by atoms with van der Waals surface area (Å²) in [7, 11) is 0. The number of oxazole rings is 1. The number of hydrogen-bond acceptors (Lipinski definition) is 5. The molecule has 0 unspecified atom stereocenters. The molecule has 1 aliphatic heterocycles. The third kappa shape index (κ3) is 4.18. The largest absolute Gasteiger partial charge is 0.441 e. The molecule has 0 bridgehead atoms. The summed E-state index contributed by atoms with van der Waals surface area (Å²) in [5, 5.41) is 6.13. The van der Waals surface area contributed by atoms with Crippen molar-refractivity contribution in [3.05, 3.63) is 41.8 Å². The molecule has 0 aliphatic carbocycles. The maximum absolute atomic E-state index is 12.1. The molecule has 1 saturated heterocycles. The van der Waals surface area contributed by atoms with Crippen LogP contribution < -0.4 is 10.6 Å². The van der Waals surface area contributed by atoms with E-state index >= 15 is 0 Å². The Balaban J connectivity index is 1.57. The highest BCUT2D eigenvalue weighted by atomic mass is 16.5. The van der Waals surface area contributed by atoms with Crippen LogP contribution in [0, 0.1) is 6.92 Å². The van der Waals surface area contributed by atoms with E-state index in [1.807, 2.05) is 37.3 Å². The lowest BCUT2D eigenvalue weighted by Crippen LogP contribution is -2.45. The molecule has 0 saturated carbocycles. The summed E-state index contributed by atoms with van der Waals surface area (Å²) in [5.74, 6) is 1.15. The molecular formula is C17H21N3O3. The Bertz CT molecular complexity index is 648. The lowest BCUT2D eigenvalue weighted by Gasteiger charge is -2.23. The van der Waals surface area contributed by atoms with E-state index in [-0.39, 0.29) is 18.4 Å². The van der Waals surface area contributed by atoms with Crippen LogP contribution in [-0.2, 0) is 16.0 Å². The van der Waals surface area contributed by atoms with Gasteiger partial charge in [0.2, 0.25) is 11.8 Å². The minimum Gasteiger partial charge on any atom is -0.441 e. The van der Waals surface area contributed by atoms with Crippen LogP contribution in [0.5, 0.6) is 0 Å². The van der Waals surface area contributed by atoms with Crippen molar-refractivity contribution in [2.75, 3.05) is 26.2 Å². The first-order valence-electron chi connectivity index (χ1n) is 7.83. The van der Waals surface area contributed by atoms with Gasteiger partial charge in [0.15, 0.2) is 0 Å². The van der Waals surface area contributed by atoms with Crippen LogP contribution >= 0.6 is 0 Å². The topological polar surface area (TPSA) is 76.4 Å². The molecule has 6 nitrogen and oxygen atoms in total. The van der Waals surface area contributed by atoms with E-state index in [2.05, 4.69) is 15.6 Å². The smallest absolute Gasteiger partial charge is 0.226 e. The molecule has 6 heteroatoms. The summed E-state index contributed by atoms with van der Waals surface area (Å²) in [6, 6.07) is 9.67. The van der Waals surface area contributed by atoms with Gasteiger partial charge in [-0.2, -0.15) is 0 Å². The Morgan fingerprint density at radius 1 is 1.39 bits per heavy atom. The molecule has 1 aromatic heterocycles. The highest BCUT2D eigenvalue weighted by Gasteiger charge is 2.17. The molecule has 1 aromatic carbocycles. The van der Waals surface area contributed by atoms with Gasteiger partial charge in [-0.3, -0.25) is 4.79 Å². The minimum absolute atomic E-state index is 0.0333. The van der Waals surface area contributed by atoms with Crippen molar-refractivity contribution < 1.29 is 13.9 Å². The highest BCUT2D eigenvalue weighted by Crippen LogP contribution is 2.21. The normalized spacial score (nSPS) is 17.9. The van der Waals surface area contributed by atoms with Gasteiger partial charge < -0.3 is 19.8 Å².